The van der Waals surface area contributed by atoms with Crippen molar-refractivity contribution in [2.75, 3.05) is 13.2 Å². The van der Waals surface area contributed by atoms with Crippen LogP contribution in [0.1, 0.15) is 19.8 Å². The Morgan fingerprint density at radius 2 is 2.29 bits per heavy atom. The molecule has 4 heteroatoms. The molecule has 0 unspecified atom stereocenters. The number of hydrogen-bond acceptors (Lipinski definition) is 3. The van der Waals surface area contributed by atoms with Crippen molar-refractivity contribution in [1.82, 2.24) is 4.90 Å². The molecule has 1 amide bonds. The monoisotopic (exact) mass is 235 g/mol. The summed E-state index contributed by atoms with van der Waals surface area (Å²) in [5.74, 6) is 0.674. The van der Waals surface area contributed by atoms with E-state index in [1.165, 1.54) is 6.07 Å². The molecule has 17 heavy (non-hydrogen) atoms. The molecule has 1 aliphatic rings. The first-order valence-corrected chi connectivity index (χ1v) is 5.92. The summed E-state index contributed by atoms with van der Waals surface area (Å²) in [6, 6.07) is 6.90. The van der Waals surface area contributed by atoms with Gasteiger partial charge < -0.3 is 14.7 Å². The molecule has 1 fully saturated rings. The third-order valence-corrected chi connectivity index (χ3v) is 2.83. The normalized spacial score (nSPS) is 14.4. The second kappa shape index (κ2) is 5.08. The number of ether oxygens (including phenoxy) is 1. The van der Waals surface area contributed by atoms with Gasteiger partial charge in [-0.05, 0) is 31.9 Å². The van der Waals surface area contributed by atoms with Gasteiger partial charge in [-0.3, -0.25) is 4.79 Å². The fraction of sp³-hybridized carbons (Fsp3) is 0.462. The number of benzene rings is 1. The van der Waals surface area contributed by atoms with E-state index in [0.29, 0.717) is 11.8 Å². The second-order valence-corrected chi connectivity index (χ2v) is 4.20. The van der Waals surface area contributed by atoms with Crippen molar-refractivity contribution in [3.8, 4) is 11.5 Å². The molecule has 0 aliphatic heterocycles. The topological polar surface area (TPSA) is 49.8 Å². The summed E-state index contributed by atoms with van der Waals surface area (Å²) in [6.07, 6.45) is 2.21. The van der Waals surface area contributed by atoms with Crippen LogP contribution in [0.25, 0.3) is 0 Å². The van der Waals surface area contributed by atoms with Gasteiger partial charge in [0.25, 0.3) is 5.91 Å². The van der Waals surface area contributed by atoms with Crippen molar-refractivity contribution in [2.24, 2.45) is 0 Å². The van der Waals surface area contributed by atoms with E-state index in [0.717, 1.165) is 19.4 Å². The minimum absolute atomic E-state index is 0.0124. The van der Waals surface area contributed by atoms with Gasteiger partial charge in [-0.2, -0.15) is 0 Å². The molecule has 1 N–H and O–H groups in total. The molecular weight excluding hydrogens is 218 g/mol. The van der Waals surface area contributed by atoms with E-state index in [4.69, 9.17) is 4.74 Å². The number of nitrogens with zero attached hydrogens (tertiary/aromatic N) is 1. The SMILES string of the molecule is CCN(C(=O)COc1cccc(O)c1)C1CC1. The minimum Gasteiger partial charge on any atom is -0.508 e. The Morgan fingerprint density at radius 3 is 2.88 bits per heavy atom. The van der Waals surface area contributed by atoms with Crippen LogP contribution >= 0.6 is 0 Å². The van der Waals surface area contributed by atoms with Crippen molar-refractivity contribution >= 4 is 5.91 Å². The average molecular weight is 235 g/mol. The number of amides is 1. The minimum atomic E-state index is 0.0124. The van der Waals surface area contributed by atoms with Crippen molar-refractivity contribution in [1.29, 1.82) is 0 Å². The first kappa shape index (κ1) is 11.8. The van der Waals surface area contributed by atoms with Crippen LogP contribution in [-0.4, -0.2) is 35.1 Å². The van der Waals surface area contributed by atoms with Gasteiger partial charge >= 0.3 is 0 Å². The molecule has 1 aromatic carbocycles. The summed E-state index contributed by atoms with van der Waals surface area (Å²) in [4.78, 5) is 13.7. The predicted octanol–water partition coefficient (Wildman–Crippen LogP) is 1.78. The number of likely N-dealkylation sites (N-methyl/N-ethyl adjacent to an activating group) is 1. The number of phenols is 1. The van der Waals surface area contributed by atoms with Crippen LogP contribution in [0.4, 0.5) is 0 Å². The number of aromatic hydroxyl groups is 1. The molecule has 1 aliphatic carbocycles. The van der Waals surface area contributed by atoms with E-state index in [1.807, 2.05) is 11.8 Å². The zero-order valence-electron chi connectivity index (χ0n) is 9.93. The van der Waals surface area contributed by atoms with E-state index in [-0.39, 0.29) is 18.3 Å². The lowest BCUT2D eigenvalue weighted by atomic mass is 10.3. The molecule has 92 valence electrons. The number of carbonyl (C=O) groups excluding carboxylic acids is 1. The van der Waals surface area contributed by atoms with Crippen LogP contribution in [0.15, 0.2) is 24.3 Å². The smallest absolute Gasteiger partial charge is 0.260 e. The van der Waals surface area contributed by atoms with E-state index in [2.05, 4.69) is 0 Å². The molecule has 0 radical (unpaired) electrons. The average Bonchev–Trinajstić information content (AvgIpc) is 3.12. The highest BCUT2D eigenvalue weighted by atomic mass is 16.5. The molecular formula is C13H17NO3. The molecule has 0 bridgehead atoms. The number of phenolic OH excluding ortho intramolecular Hbond substituents is 1. The largest absolute Gasteiger partial charge is 0.508 e. The van der Waals surface area contributed by atoms with Crippen LogP contribution in [0, 0.1) is 0 Å². The van der Waals surface area contributed by atoms with Crippen LogP contribution in [0.3, 0.4) is 0 Å². The number of rotatable bonds is 5. The maximum absolute atomic E-state index is 11.9. The Balaban J connectivity index is 1.86. The standard InChI is InChI=1S/C13H17NO3/c1-2-14(10-6-7-10)13(16)9-17-12-5-3-4-11(15)8-12/h3-5,8,10,15H,2,6-7,9H2,1H3. The highest BCUT2D eigenvalue weighted by Gasteiger charge is 2.31. The summed E-state index contributed by atoms with van der Waals surface area (Å²) in [7, 11) is 0. The van der Waals surface area contributed by atoms with Gasteiger partial charge in [-0.15, -0.1) is 0 Å². The lowest BCUT2D eigenvalue weighted by Gasteiger charge is -2.20. The number of hydrogen-bond donors (Lipinski definition) is 1. The molecule has 0 spiro atoms. The van der Waals surface area contributed by atoms with Crippen LogP contribution in [0.5, 0.6) is 11.5 Å². The third-order valence-electron chi connectivity index (χ3n) is 2.83. The molecule has 0 heterocycles. The first-order valence-electron chi connectivity index (χ1n) is 5.92. The van der Waals surface area contributed by atoms with Crippen molar-refractivity contribution < 1.29 is 14.6 Å². The molecule has 2 rings (SSSR count). The van der Waals surface area contributed by atoms with Gasteiger partial charge in [0, 0.05) is 18.7 Å². The molecule has 4 nitrogen and oxygen atoms in total. The quantitative estimate of drug-likeness (QED) is 0.846. The Labute approximate surface area is 101 Å². The Bertz CT molecular complexity index is 401. The first-order chi connectivity index (χ1) is 8.20. The fourth-order valence-corrected chi connectivity index (χ4v) is 1.83. The molecule has 1 aromatic rings. The van der Waals surface area contributed by atoms with E-state index >= 15 is 0 Å². The van der Waals surface area contributed by atoms with Gasteiger partial charge in [-0.25, -0.2) is 0 Å². The lowest BCUT2D eigenvalue weighted by Crippen LogP contribution is -2.36. The molecule has 0 atom stereocenters. The van der Waals surface area contributed by atoms with Crippen LogP contribution < -0.4 is 4.74 Å². The summed E-state index contributed by atoms with van der Waals surface area (Å²) < 4.78 is 5.36. The zero-order valence-corrected chi connectivity index (χ0v) is 9.93. The van der Waals surface area contributed by atoms with Crippen LogP contribution in [0.2, 0.25) is 0 Å². The molecule has 0 saturated heterocycles. The van der Waals surface area contributed by atoms with Crippen molar-refractivity contribution in [3.05, 3.63) is 24.3 Å². The zero-order chi connectivity index (χ0) is 12.3. The summed E-state index contributed by atoms with van der Waals surface area (Å²) in [6.45, 7) is 2.74. The van der Waals surface area contributed by atoms with Crippen molar-refractivity contribution in [2.45, 2.75) is 25.8 Å². The number of carbonyl (C=O) groups is 1. The highest BCUT2D eigenvalue weighted by molar-refractivity contribution is 5.78. The molecule has 1 saturated carbocycles. The van der Waals surface area contributed by atoms with Gasteiger partial charge in [0.15, 0.2) is 6.61 Å². The van der Waals surface area contributed by atoms with Crippen molar-refractivity contribution in [3.63, 3.8) is 0 Å². The Kier molecular flexibility index (Phi) is 3.52. The van der Waals surface area contributed by atoms with E-state index < -0.39 is 0 Å². The van der Waals surface area contributed by atoms with Crippen LogP contribution in [-0.2, 0) is 4.79 Å². The van der Waals surface area contributed by atoms with Gasteiger partial charge in [0.2, 0.25) is 0 Å². The summed E-state index contributed by atoms with van der Waals surface area (Å²) in [5, 5.41) is 9.26. The highest BCUT2D eigenvalue weighted by Crippen LogP contribution is 2.26. The lowest BCUT2D eigenvalue weighted by molar-refractivity contribution is -0.133. The fourth-order valence-electron chi connectivity index (χ4n) is 1.83. The van der Waals surface area contributed by atoms with E-state index in [1.54, 1.807) is 18.2 Å². The second-order valence-electron chi connectivity index (χ2n) is 4.20. The Hall–Kier alpha value is -1.71. The predicted molar refractivity (Wildman–Crippen MR) is 64.0 cm³/mol. The third kappa shape index (κ3) is 3.12. The Morgan fingerprint density at radius 1 is 1.53 bits per heavy atom. The van der Waals surface area contributed by atoms with E-state index in [9.17, 15) is 9.90 Å². The van der Waals surface area contributed by atoms with Gasteiger partial charge in [-0.1, -0.05) is 6.07 Å². The maximum atomic E-state index is 11.9. The summed E-state index contributed by atoms with van der Waals surface area (Å²) >= 11 is 0. The molecule has 0 aromatic heterocycles. The van der Waals surface area contributed by atoms with Gasteiger partial charge in [0.1, 0.15) is 11.5 Å². The van der Waals surface area contributed by atoms with Gasteiger partial charge in [0.05, 0.1) is 0 Å². The summed E-state index contributed by atoms with van der Waals surface area (Å²) in [5.41, 5.74) is 0. The maximum Gasteiger partial charge on any atom is 0.260 e.